The normalized spacial score (nSPS) is 16.9. The van der Waals surface area contributed by atoms with E-state index in [0.29, 0.717) is 9.23 Å². The largest absolute Gasteiger partial charge is 0.291 e. The minimum Gasteiger partial charge on any atom is -0.291 e. The van der Waals surface area contributed by atoms with Crippen LogP contribution in [0.2, 0.25) is 0 Å². The van der Waals surface area contributed by atoms with Gasteiger partial charge in [0, 0.05) is 11.6 Å². The summed E-state index contributed by atoms with van der Waals surface area (Å²) in [7, 11) is 0. The number of carbonyl (C=O) groups is 1. The molecule has 0 aliphatic carbocycles. The first-order valence-electron chi connectivity index (χ1n) is 6.90. The molecule has 23 heavy (non-hydrogen) atoms. The van der Waals surface area contributed by atoms with Crippen molar-refractivity contribution >= 4 is 62.3 Å². The number of benzene rings is 1. The average Bonchev–Trinajstić information content (AvgIpc) is 3.17. The molecule has 0 atom stereocenters. The fourth-order valence-corrected chi connectivity index (χ4v) is 4.52. The lowest BCUT2D eigenvalue weighted by Crippen LogP contribution is -2.27. The van der Waals surface area contributed by atoms with E-state index in [2.05, 4.69) is 4.98 Å². The molecular formula is C16H11N3OS3. The minimum absolute atomic E-state index is 0.0872. The lowest BCUT2D eigenvalue weighted by atomic mass is 10.2. The van der Waals surface area contributed by atoms with Gasteiger partial charge in [0.25, 0.3) is 5.91 Å². The summed E-state index contributed by atoms with van der Waals surface area (Å²) in [6, 6.07) is 9.48. The number of thioether (sulfide) groups is 1. The van der Waals surface area contributed by atoms with Gasteiger partial charge in [-0.1, -0.05) is 42.2 Å². The molecule has 3 aromatic rings. The fraction of sp³-hybridized carbons (Fsp3) is 0.0625. The van der Waals surface area contributed by atoms with Gasteiger partial charge in [-0.25, -0.2) is 4.98 Å². The van der Waals surface area contributed by atoms with E-state index in [9.17, 15) is 4.79 Å². The highest BCUT2D eigenvalue weighted by atomic mass is 32.2. The second kappa shape index (κ2) is 5.59. The summed E-state index contributed by atoms with van der Waals surface area (Å²) in [6.07, 6.45) is 3.84. The Bertz CT molecular complexity index is 956. The molecule has 0 spiro atoms. The minimum atomic E-state index is -0.0872. The monoisotopic (exact) mass is 357 g/mol. The van der Waals surface area contributed by atoms with Crippen molar-refractivity contribution in [3.05, 3.63) is 58.2 Å². The fourth-order valence-electron chi connectivity index (χ4n) is 2.48. The quantitative estimate of drug-likeness (QED) is 0.511. The maximum atomic E-state index is 12.8. The van der Waals surface area contributed by atoms with Crippen molar-refractivity contribution in [2.24, 2.45) is 0 Å². The molecule has 0 N–H and O–H groups in total. The maximum Gasteiger partial charge on any atom is 0.270 e. The molecule has 7 heteroatoms. The molecule has 1 saturated heterocycles. The Labute approximate surface area is 146 Å². The Morgan fingerprint density at radius 3 is 2.83 bits per heavy atom. The lowest BCUT2D eigenvalue weighted by molar-refractivity contribution is -0.113. The summed E-state index contributed by atoms with van der Waals surface area (Å²) in [5, 5.41) is 1.98. The summed E-state index contributed by atoms with van der Waals surface area (Å²) in [6.45, 7) is 1.95. The van der Waals surface area contributed by atoms with Gasteiger partial charge in [-0.15, -0.1) is 11.3 Å². The van der Waals surface area contributed by atoms with Gasteiger partial charge < -0.3 is 0 Å². The van der Waals surface area contributed by atoms with Crippen LogP contribution in [0.15, 0.2) is 46.8 Å². The molecule has 0 radical (unpaired) electrons. The van der Waals surface area contributed by atoms with Crippen molar-refractivity contribution in [3.8, 4) is 0 Å². The molecule has 4 nitrogen and oxygen atoms in total. The number of amides is 1. The van der Waals surface area contributed by atoms with Gasteiger partial charge in [0.2, 0.25) is 0 Å². The van der Waals surface area contributed by atoms with Crippen molar-refractivity contribution in [2.75, 3.05) is 4.90 Å². The number of fused-ring (bicyclic) bond motifs is 1. The number of aromatic nitrogens is 2. The molecule has 4 rings (SSSR count). The Morgan fingerprint density at radius 1 is 1.26 bits per heavy atom. The van der Waals surface area contributed by atoms with Gasteiger partial charge in [-0.2, -0.15) is 0 Å². The number of thiazole rings is 1. The Hall–Kier alpha value is -1.96. The van der Waals surface area contributed by atoms with Crippen molar-refractivity contribution in [3.63, 3.8) is 0 Å². The number of rotatable bonds is 2. The van der Waals surface area contributed by atoms with Crippen LogP contribution in [0.5, 0.6) is 0 Å². The molecule has 1 amide bonds. The summed E-state index contributed by atoms with van der Waals surface area (Å²) in [4.78, 5) is 20.4. The van der Waals surface area contributed by atoms with E-state index in [-0.39, 0.29) is 5.91 Å². The molecule has 2 aromatic heterocycles. The van der Waals surface area contributed by atoms with Gasteiger partial charge in [0.15, 0.2) is 9.28 Å². The molecule has 1 aliphatic heterocycles. The highest BCUT2D eigenvalue weighted by Gasteiger charge is 2.33. The molecule has 0 unspecified atom stereocenters. The maximum absolute atomic E-state index is 12.8. The van der Waals surface area contributed by atoms with Crippen LogP contribution in [0.25, 0.3) is 11.0 Å². The summed E-state index contributed by atoms with van der Waals surface area (Å²) in [5.74, 6) is -0.0872. The first-order chi connectivity index (χ1) is 11.1. The number of thiocarbonyl (C=S) groups is 1. The van der Waals surface area contributed by atoms with Gasteiger partial charge >= 0.3 is 0 Å². The summed E-state index contributed by atoms with van der Waals surface area (Å²) >= 11 is 8.29. The van der Waals surface area contributed by atoms with Crippen molar-refractivity contribution in [1.82, 2.24) is 9.38 Å². The zero-order valence-electron chi connectivity index (χ0n) is 12.1. The van der Waals surface area contributed by atoms with Crippen molar-refractivity contribution in [2.45, 2.75) is 6.92 Å². The SMILES string of the molecule is Cc1nc2sccn2c1/C=C1\SC(=S)N(c2ccccc2)C1=O. The van der Waals surface area contributed by atoms with E-state index in [4.69, 9.17) is 12.2 Å². The molecule has 0 saturated carbocycles. The van der Waals surface area contributed by atoms with Crippen LogP contribution in [0, 0.1) is 6.92 Å². The predicted molar refractivity (Wildman–Crippen MR) is 99.9 cm³/mol. The number of nitrogens with zero attached hydrogens (tertiary/aromatic N) is 3. The lowest BCUT2D eigenvalue weighted by Gasteiger charge is -2.13. The number of hydrogen-bond donors (Lipinski definition) is 0. The van der Waals surface area contributed by atoms with Crippen LogP contribution in [0.4, 0.5) is 5.69 Å². The van der Waals surface area contributed by atoms with Gasteiger partial charge in [-0.3, -0.25) is 14.1 Å². The Balaban J connectivity index is 1.76. The first-order valence-corrected chi connectivity index (χ1v) is 9.01. The van der Waals surface area contributed by atoms with Crippen LogP contribution in [0.1, 0.15) is 11.4 Å². The van der Waals surface area contributed by atoms with Gasteiger partial charge in [-0.05, 0) is 25.1 Å². The van der Waals surface area contributed by atoms with E-state index >= 15 is 0 Å². The average molecular weight is 357 g/mol. The Morgan fingerprint density at radius 2 is 2.04 bits per heavy atom. The van der Waals surface area contributed by atoms with Crippen LogP contribution in [-0.4, -0.2) is 19.6 Å². The number of para-hydroxylation sites is 1. The molecule has 114 valence electrons. The standard InChI is InChI=1S/C16H11N3OS3/c1-10-12(18-7-8-22-15(18)17-10)9-13-14(20)19(16(21)23-13)11-5-3-2-4-6-11/h2-9H,1H3/b13-9-. The zero-order chi connectivity index (χ0) is 16.0. The number of aryl methyl sites for hydroxylation is 1. The second-order valence-electron chi connectivity index (χ2n) is 4.99. The number of anilines is 1. The van der Waals surface area contributed by atoms with E-state index in [1.54, 1.807) is 16.2 Å². The molecule has 3 heterocycles. The van der Waals surface area contributed by atoms with Crippen LogP contribution in [-0.2, 0) is 4.79 Å². The molecule has 1 aromatic carbocycles. The number of hydrogen-bond acceptors (Lipinski definition) is 5. The third-order valence-electron chi connectivity index (χ3n) is 3.56. The Kier molecular flexibility index (Phi) is 3.56. The van der Waals surface area contributed by atoms with Gasteiger partial charge in [0.05, 0.1) is 22.0 Å². The molecule has 0 bridgehead atoms. The highest BCUT2D eigenvalue weighted by Crippen LogP contribution is 2.36. The molecule has 1 aliphatic rings. The number of carbonyl (C=O) groups excluding carboxylic acids is 1. The molecule has 1 fully saturated rings. The van der Waals surface area contributed by atoms with E-state index in [1.165, 1.54) is 11.8 Å². The van der Waals surface area contributed by atoms with Crippen molar-refractivity contribution < 1.29 is 4.79 Å². The number of imidazole rings is 1. The topological polar surface area (TPSA) is 37.6 Å². The third-order valence-corrected chi connectivity index (χ3v) is 5.62. The van der Waals surface area contributed by atoms with Gasteiger partial charge in [0.1, 0.15) is 0 Å². The van der Waals surface area contributed by atoms with E-state index in [0.717, 1.165) is 22.0 Å². The smallest absolute Gasteiger partial charge is 0.270 e. The summed E-state index contributed by atoms with van der Waals surface area (Å²) in [5.41, 5.74) is 2.63. The van der Waals surface area contributed by atoms with Crippen LogP contribution >= 0.6 is 35.3 Å². The first kappa shape index (κ1) is 14.6. The van der Waals surface area contributed by atoms with Crippen LogP contribution < -0.4 is 4.90 Å². The highest BCUT2D eigenvalue weighted by molar-refractivity contribution is 8.27. The predicted octanol–water partition coefficient (Wildman–Crippen LogP) is 4.11. The van der Waals surface area contributed by atoms with Crippen LogP contribution in [0.3, 0.4) is 0 Å². The summed E-state index contributed by atoms with van der Waals surface area (Å²) < 4.78 is 2.55. The second-order valence-corrected chi connectivity index (χ2v) is 7.54. The van der Waals surface area contributed by atoms with E-state index in [1.807, 2.05) is 59.3 Å². The third kappa shape index (κ3) is 2.41. The van der Waals surface area contributed by atoms with Crippen molar-refractivity contribution in [1.29, 1.82) is 0 Å². The molecular weight excluding hydrogens is 346 g/mol. The zero-order valence-corrected chi connectivity index (χ0v) is 14.5. The van der Waals surface area contributed by atoms with E-state index < -0.39 is 0 Å².